The van der Waals surface area contributed by atoms with E-state index in [1.165, 1.54) is 0 Å². The Labute approximate surface area is 124 Å². The molecule has 1 aromatic carbocycles. The Bertz CT molecular complexity index is 620. The molecule has 0 saturated heterocycles. The molecule has 112 valence electrons. The van der Waals surface area contributed by atoms with Crippen LogP contribution in [0.5, 0.6) is 0 Å². The maximum Gasteiger partial charge on any atom is 0.240 e. The zero-order valence-corrected chi connectivity index (χ0v) is 12.2. The van der Waals surface area contributed by atoms with Crippen molar-refractivity contribution in [1.82, 2.24) is 9.88 Å². The van der Waals surface area contributed by atoms with Crippen LogP contribution in [-0.2, 0) is 11.3 Å². The third-order valence-corrected chi connectivity index (χ3v) is 4.48. The van der Waals surface area contributed by atoms with E-state index in [4.69, 9.17) is 0 Å². The highest BCUT2D eigenvalue weighted by Crippen LogP contribution is 2.24. The predicted molar refractivity (Wildman–Crippen MR) is 82.9 cm³/mol. The lowest BCUT2D eigenvalue weighted by atomic mass is 9.85. The monoisotopic (exact) mass is 286 g/mol. The molecule has 1 saturated carbocycles. The number of benzene rings is 1. The Kier molecular flexibility index (Phi) is 4.25. The first-order chi connectivity index (χ1) is 10.3. The number of para-hydroxylation sites is 1. The highest BCUT2D eigenvalue weighted by Gasteiger charge is 2.25. The van der Waals surface area contributed by atoms with Crippen LogP contribution in [0.3, 0.4) is 0 Å². The van der Waals surface area contributed by atoms with Crippen LogP contribution in [0.25, 0.3) is 10.9 Å². The predicted octanol–water partition coefficient (Wildman–Crippen LogP) is 2.31. The molecule has 1 fully saturated rings. The van der Waals surface area contributed by atoms with Crippen LogP contribution >= 0.6 is 0 Å². The molecule has 1 aliphatic carbocycles. The summed E-state index contributed by atoms with van der Waals surface area (Å²) >= 11 is 0. The minimum absolute atomic E-state index is 0.0294. The molecule has 0 bridgehead atoms. The Morgan fingerprint density at radius 2 is 2.05 bits per heavy atom. The summed E-state index contributed by atoms with van der Waals surface area (Å²) in [5.74, 6) is 0.241. The van der Waals surface area contributed by atoms with Crippen LogP contribution in [0, 0.1) is 5.92 Å². The van der Waals surface area contributed by atoms with Crippen molar-refractivity contribution in [2.45, 2.75) is 38.3 Å². The number of amides is 1. The second kappa shape index (κ2) is 6.31. The molecule has 0 radical (unpaired) electrons. The SMILES string of the molecule is O=C(Cn1ccc2ccccc21)NC1CCCCC1CO. The van der Waals surface area contributed by atoms with E-state index in [0.29, 0.717) is 6.54 Å². The third-order valence-electron chi connectivity index (χ3n) is 4.48. The lowest BCUT2D eigenvalue weighted by Gasteiger charge is -2.30. The molecular weight excluding hydrogens is 264 g/mol. The van der Waals surface area contributed by atoms with Gasteiger partial charge in [-0.2, -0.15) is 0 Å². The Morgan fingerprint density at radius 3 is 2.90 bits per heavy atom. The maximum atomic E-state index is 12.3. The van der Waals surface area contributed by atoms with Crippen molar-refractivity contribution in [2.75, 3.05) is 6.61 Å². The van der Waals surface area contributed by atoms with Gasteiger partial charge in [-0.3, -0.25) is 4.79 Å². The summed E-state index contributed by atoms with van der Waals surface area (Å²) in [7, 11) is 0. The molecule has 3 rings (SSSR count). The van der Waals surface area contributed by atoms with Crippen molar-refractivity contribution in [1.29, 1.82) is 0 Å². The first kappa shape index (κ1) is 14.1. The van der Waals surface area contributed by atoms with Gasteiger partial charge in [0.25, 0.3) is 0 Å². The Morgan fingerprint density at radius 1 is 1.24 bits per heavy atom. The molecule has 2 N–H and O–H groups in total. The van der Waals surface area contributed by atoms with E-state index >= 15 is 0 Å². The number of aliphatic hydroxyl groups is 1. The number of rotatable bonds is 4. The number of carbonyl (C=O) groups excluding carboxylic acids is 1. The molecule has 2 atom stereocenters. The fourth-order valence-corrected chi connectivity index (χ4v) is 3.30. The van der Waals surface area contributed by atoms with Crippen LogP contribution in [0.4, 0.5) is 0 Å². The van der Waals surface area contributed by atoms with Gasteiger partial charge in [0, 0.05) is 30.3 Å². The number of aliphatic hydroxyl groups excluding tert-OH is 1. The second-order valence-corrected chi connectivity index (χ2v) is 5.90. The van der Waals surface area contributed by atoms with Gasteiger partial charge in [-0.15, -0.1) is 0 Å². The van der Waals surface area contributed by atoms with Gasteiger partial charge in [0.05, 0.1) is 0 Å². The lowest BCUT2D eigenvalue weighted by molar-refractivity contribution is -0.123. The number of hydrogen-bond acceptors (Lipinski definition) is 2. The van der Waals surface area contributed by atoms with Crippen molar-refractivity contribution in [3.8, 4) is 0 Å². The molecular formula is C17H22N2O2. The topological polar surface area (TPSA) is 54.3 Å². The Hall–Kier alpha value is -1.81. The quantitative estimate of drug-likeness (QED) is 0.906. The minimum atomic E-state index is 0.0294. The van der Waals surface area contributed by atoms with Gasteiger partial charge < -0.3 is 15.0 Å². The van der Waals surface area contributed by atoms with E-state index in [1.807, 2.05) is 41.1 Å². The molecule has 1 heterocycles. The fraction of sp³-hybridized carbons (Fsp3) is 0.471. The fourth-order valence-electron chi connectivity index (χ4n) is 3.30. The number of hydrogen-bond donors (Lipinski definition) is 2. The summed E-state index contributed by atoms with van der Waals surface area (Å²) in [5.41, 5.74) is 1.08. The highest BCUT2D eigenvalue weighted by atomic mass is 16.3. The highest BCUT2D eigenvalue weighted by molar-refractivity contribution is 5.83. The van der Waals surface area contributed by atoms with E-state index in [0.717, 1.165) is 36.6 Å². The van der Waals surface area contributed by atoms with Crippen molar-refractivity contribution in [3.05, 3.63) is 36.5 Å². The van der Waals surface area contributed by atoms with Crippen LogP contribution in [0.2, 0.25) is 0 Å². The third kappa shape index (κ3) is 3.10. The van der Waals surface area contributed by atoms with Crippen LogP contribution in [-0.4, -0.2) is 28.2 Å². The first-order valence-corrected chi connectivity index (χ1v) is 7.72. The molecule has 1 aliphatic rings. The molecule has 0 spiro atoms. The Balaban J connectivity index is 1.66. The molecule has 0 aliphatic heterocycles. The molecule has 1 amide bonds. The average Bonchev–Trinajstić information content (AvgIpc) is 2.91. The molecule has 4 nitrogen and oxygen atoms in total. The largest absolute Gasteiger partial charge is 0.396 e. The first-order valence-electron chi connectivity index (χ1n) is 7.72. The van der Waals surface area contributed by atoms with E-state index in [9.17, 15) is 9.90 Å². The number of nitrogens with one attached hydrogen (secondary N) is 1. The summed E-state index contributed by atoms with van der Waals surface area (Å²) in [5, 5.41) is 13.7. The van der Waals surface area contributed by atoms with Gasteiger partial charge in [-0.25, -0.2) is 0 Å². The number of fused-ring (bicyclic) bond motifs is 1. The molecule has 21 heavy (non-hydrogen) atoms. The number of carbonyl (C=O) groups is 1. The molecule has 2 unspecified atom stereocenters. The van der Waals surface area contributed by atoms with Gasteiger partial charge in [-0.1, -0.05) is 31.0 Å². The summed E-state index contributed by atoms with van der Waals surface area (Å²) in [6, 6.07) is 10.2. The summed E-state index contributed by atoms with van der Waals surface area (Å²) in [6.45, 7) is 0.500. The van der Waals surface area contributed by atoms with E-state index < -0.39 is 0 Å². The van der Waals surface area contributed by atoms with Crippen molar-refractivity contribution >= 4 is 16.8 Å². The summed E-state index contributed by atoms with van der Waals surface area (Å²) in [4.78, 5) is 12.3. The van der Waals surface area contributed by atoms with Crippen molar-refractivity contribution < 1.29 is 9.90 Å². The normalized spacial score (nSPS) is 22.3. The molecule has 1 aromatic heterocycles. The standard InChI is InChI=1S/C17H22N2O2/c20-12-14-6-1-3-7-15(14)18-17(21)11-19-10-9-13-5-2-4-8-16(13)19/h2,4-5,8-10,14-15,20H,1,3,6-7,11-12H2,(H,18,21). The van der Waals surface area contributed by atoms with Gasteiger partial charge in [0.1, 0.15) is 6.54 Å². The van der Waals surface area contributed by atoms with Crippen molar-refractivity contribution in [2.24, 2.45) is 5.92 Å². The maximum absolute atomic E-state index is 12.3. The second-order valence-electron chi connectivity index (χ2n) is 5.90. The van der Waals surface area contributed by atoms with E-state index in [1.54, 1.807) is 0 Å². The zero-order chi connectivity index (χ0) is 14.7. The van der Waals surface area contributed by atoms with Crippen LogP contribution in [0.15, 0.2) is 36.5 Å². The van der Waals surface area contributed by atoms with E-state index in [-0.39, 0.29) is 24.5 Å². The smallest absolute Gasteiger partial charge is 0.240 e. The van der Waals surface area contributed by atoms with Crippen LogP contribution in [0.1, 0.15) is 25.7 Å². The summed E-state index contributed by atoms with van der Waals surface area (Å²) in [6.07, 6.45) is 6.22. The number of nitrogens with zero attached hydrogens (tertiary/aromatic N) is 1. The lowest BCUT2D eigenvalue weighted by Crippen LogP contribution is -2.44. The van der Waals surface area contributed by atoms with Gasteiger partial charge >= 0.3 is 0 Å². The molecule has 4 heteroatoms. The zero-order valence-electron chi connectivity index (χ0n) is 12.2. The molecule has 2 aromatic rings. The van der Waals surface area contributed by atoms with E-state index in [2.05, 4.69) is 5.32 Å². The minimum Gasteiger partial charge on any atom is -0.396 e. The van der Waals surface area contributed by atoms with Gasteiger partial charge in [0.15, 0.2) is 0 Å². The number of aromatic nitrogens is 1. The summed E-state index contributed by atoms with van der Waals surface area (Å²) < 4.78 is 1.97. The van der Waals surface area contributed by atoms with Crippen molar-refractivity contribution in [3.63, 3.8) is 0 Å². The van der Waals surface area contributed by atoms with Gasteiger partial charge in [0.2, 0.25) is 5.91 Å². The van der Waals surface area contributed by atoms with Crippen LogP contribution < -0.4 is 5.32 Å². The average molecular weight is 286 g/mol. The van der Waals surface area contributed by atoms with Gasteiger partial charge in [-0.05, 0) is 30.4 Å².